The minimum absolute atomic E-state index is 0.00899. The molecule has 2 N–H and O–H groups in total. The van der Waals surface area contributed by atoms with E-state index in [1.807, 2.05) is 13.8 Å². The van der Waals surface area contributed by atoms with Crippen LogP contribution in [0.1, 0.15) is 122 Å². The molecule has 2 unspecified atom stereocenters. The summed E-state index contributed by atoms with van der Waals surface area (Å²) < 4.78 is 67.5. The van der Waals surface area contributed by atoms with E-state index in [9.17, 15) is 34.2 Å². The van der Waals surface area contributed by atoms with Crippen molar-refractivity contribution >= 4 is 42.1 Å². The van der Waals surface area contributed by atoms with Crippen LogP contribution in [0.4, 0.5) is 14.4 Å². The van der Waals surface area contributed by atoms with Crippen LogP contribution in [0.5, 0.6) is 11.5 Å². The highest BCUT2D eigenvalue weighted by atomic mass is 16.7. The van der Waals surface area contributed by atoms with Crippen molar-refractivity contribution in [3.63, 3.8) is 0 Å². The molecule has 4 aromatic rings. The Labute approximate surface area is 499 Å². The van der Waals surface area contributed by atoms with Crippen molar-refractivity contribution < 1.29 is 95.9 Å². The summed E-state index contributed by atoms with van der Waals surface area (Å²) >= 11 is 0. The summed E-state index contributed by atoms with van der Waals surface area (Å²) in [6, 6.07) is 28.4. The van der Waals surface area contributed by atoms with E-state index < -0.39 is 138 Å². The molecule has 0 radical (unpaired) electrons. The van der Waals surface area contributed by atoms with Gasteiger partial charge >= 0.3 is 36.3 Å². The van der Waals surface area contributed by atoms with E-state index in [-0.39, 0.29) is 65.7 Å². The number of ether oxygens (including phenoxy) is 11. The summed E-state index contributed by atoms with van der Waals surface area (Å²) in [6.45, 7) is 14.9. The molecule has 2 bridgehead atoms. The quantitative estimate of drug-likeness (QED) is 0.0637. The lowest BCUT2D eigenvalue weighted by Gasteiger charge is -2.67. The van der Waals surface area contributed by atoms with E-state index in [0.29, 0.717) is 11.1 Å². The second-order valence-corrected chi connectivity index (χ2v) is 24.7. The fourth-order valence-electron chi connectivity index (χ4n) is 13.1. The number of phenolic OH excluding ortho intramolecular Hbond substituents is 1. The van der Waals surface area contributed by atoms with Crippen LogP contribution in [0.2, 0.25) is 0 Å². The number of carbonyl (C=O) groups excluding carboxylic acids is 7. The summed E-state index contributed by atoms with van der Waals surface area (Å²) in [5.74, 6) is -5.90. The van der Waals surface area contributed by atoms with Gasteiger partial charge in [-0.05, 0) is 93.5 Å². The number of methoxy groups -OCH3 is 1. The topological polar surface area (TPSA) is 265 Å². The highest BCUT2D eigenvalue weighted by Crippen LogP contribution is 2.65. The lowest BCUT2D eigenvalue weighted by atomic mass is 9.44. The Morgan fingerprint density at radius 3 is 1.93 bits per heavy atom. The number of benzene rings is 4. The number of esters is 3. The summed E-state index contributed by atoms with van der Waals surface area (Å²) in [4.78, 5) is 105. The van der Waals surface area contributed by atoms with Crippen molar-refractivity contribution in [2.24, 2.45) is 22.7 Å². The lowest BCUT2D eigenvalue weighted by Crippen LogP contribution is -2.82. The van der Waals surface area contributed by atoms with Gasteiger partial charge in [0.05, 0.1) is 36.7 Å². The molecule has 0 spiro atoms. The number of phenols is 1. The lowest BCUT2D eigenvalue weighted by molar-refractivity contribution is -0.346. The van der Waals surface area contributed by atoms with Crippen LogP contribution in [0, 0.1) is 22.7 Å². The summed E-state index contributed by atoms with van der Waals surface area (Å²) in [6.07, 6.45) is -15.9. The molecule has 0 aromatic heterocycles. The minimum atomic E-state index is -2.57. The predicted octanol–water partition coefficient (Wildman–Crippen LogP) is 9.82. The first-order chi connectivity index (χ1) is 40.6. The third-order valence-electron chi connectivity index (χ3n) is 17.3. The maximum absolute atomic E-state index is 16.8. The molecule has 86 heavy (non-hydrogen) atoms. The number of amides is 1. The second kappa shape index (κ2) is 24.4. The van der Waals surface area contributed by atoms with Gasteiger partial charge in [-0.15, -0.1) is 0 Å². The molecule has 2 heterocycles. The highest BCUT2D eigenvalue weighted by Gasteiger charge is 2.79. The van der Waals surface area contributed by atoms with Crippen LogP contribution in [0.25, 0.3) is 0 Å². The third-order valence-corrected chi connectivity index (χ3v) is 17.3. The van der Waals surface area contributed by atoms with Crippen molar-refractivity contribution in [3.05, 3.63) is 143 Å². The van der Waals surface area contributed by atoms with Gasteiger partial charge in [0.15, 0.2) is 29.8 Å². The predicted molar refractivity (Wildman–Crippen MR) is 304 cm³/mol. The number of aliphatic hydroxyl groups is 1. The maximum atomic E-state index is 16.8. The smallest absolute Gasteiger partial charge is 0.507 e. The molecule has 12 atom stereocenters. The van der Waals surface area contributed by atoms with Gasteiger partial charge in [0.2, 0.25) is 0 Å². The van der Waals surface area contributed by atoms with Gasteiger partial charge in [-0.2, -0.15) is 0 Å². The molecule has 21 nitrogen and oxygen atoms in total. The van der Waals surface area contributed by atoms with E-state index in [0.717, 1.165) is 6.92 Å². The van der Waals surface area contributed by atoms with Gasteiger partial charge in [0.25, 0.3) is 0 Å². The first kappa shape index (κ1) is 62.5. The van der Waals surface area contributed by atoms with Crippen LogP contribution in [-0.2, 0) is 75.0 Å². The van der Waals surface area contributed by atoms with Crippen LogP contribution >= 0.6 is 0 Å². The summed E-state index contributed by atoms with van der Waals surface area (Å²) in [5, 5.41) is 25.9. The average Bonchev–Trinajstić information content (AvgIpc) is 0.759. The molecule has 5 aliphatic rings. The number of fused-ring (bicyclic) bond motifs is 5. The van der Waals surface area contributed by atoms with Gasteiger partial charge < -0.3 is 62.3 Å². The number of nitrogens with zero attached hydrogens (tertiary/aromatic N) is 1. The van der Waals surface area contributed by atoms with E-state index in [1.165, 1.54) is 50.1 Å². The van der Waals surface area contributed by atoms with Gasteiger partial charge in [0, 0.05) is 36.8 Å². The average molecular weight is 1190 g/mol. The molecule has 2 saturated carbocycles. The van der Waals surface area contributed by atoms with Crippen molar-refractivity contribution in [3.8, 4) is 11.5 Å². The second-order valence-electron chi connectivity index (χ2n) is 24.7. The van der Waals surface area contributed by atoms with Crippen LogP contribution in [-0.4, -0.2) is 130 Å². The monoisotopic (exact) mass is 1190 g/mol. The zero-order valence-electron chi connectivity index (χ0n) is 50.1. The highest BCUT2D eigenvalue weighted by molar-refractivity contribution is 5.96. The fraction of sp³-hybridized carbons (Fsp3) is 0.492. The molecule has 3 aliphatic carbocycles. The van der Waals surface area contributed by atoms with Gasteiger partial charge in [-0.3, -0.25) is 14.5 Å². The Balaban J connectivity index is 1.23. The molecule has 460 valence electrons. The first-order valence-corrected chi connectivity index (χ1v) is 28.7. The van der Waals surface area contributed by atoms with Crippen molar-refractivity contribution in [1.82, 2.24) is 4.90 Å². The minimum Gasteiger partial charge on any atom is -0.507 e. The maximum Gasteiger partial charge on any atom is 0.509 e. The standard InChI is InChI=1S/C65H75NO20/c1-36(2)29-44-50(82-55(66(44)58(72)86-61(5,6)7)43-28-27-42(76-11)30-45(43)68)57(71)80-46-32-65(75)54(84-56(70)41-25-19-14-20-26-41)52-63(10,53(69)51(49(37(46)3)62(65,8)9)83-60(74)78-34-40-23-17-13-18-24-40)47(31-48-64(52,35-79-48)85-38(4)67)81-59(73)77-33-39-21-15-12-16-22-39/h12-28,30,36,44,46-48,50-52,54-55,68,75H,29,31-35H2,1-11H3/t44-,46-,47-,48+,50+,51+,52?,54-,55?,63+,64-,65+/m0/s1. The number of hydrogen-bond donors (Lipinski definition) is 2. The molecular formula is C65H75NO20. The molecule has 9 rings (SSSR count). The van der Waals surface area contributed by atoms with Gasteiger partial charge in [-0.25, -0.2) is 24.0 Å². The largest absolute Gasteiger partial charge is 0.509 e. The SMILES string of the molecule is COc1ccc(C2O[C@@H](C(=O)O[C@H]3C[C@@]4(O)[C@@H](OC(=O)c5ccccc5)C5[C@](C)(C(=O)[C@H](OC(=O)OCc6ccccc6)C(=C3C)C4(C)C)[C@@H](OC(=O)OCc3ccccc3)C[C@H]3OC[C@@]53OC(C)=O)[C@H](CC(C)C)N2C(=O)OC(C)(C)C)c(O)c1. The number of aromatic hydroxyl groups is 1. The summed E-state index contributed by atoms with van der Waals surface area (Å²) in [7, 11) is 1.41. The Morgan fingerprint density at radius 2 is 1.40 bits per heavy atom. The Kier molecular flexibility index (Phi) is 17.7. The molecule has 2 aliphatic heterocycles. The number of carbonyl (C=O) groups is 7. The number of hydrogen-bond acceptors (Lipinski definition) is 20. The molecule has 1 amide bonds. The fourth-order valence-corrected chi connectivity index (χ4v) is 13.1. The third kappa shape index (κ3) is 12.0. The summed E-state index contributed by atoms with van der Waals surface area (Å²) in [5.41, 5.74) is -8.48. The molecule has 4 aromatic carbocycles. The van der Waals surface area contributed by atoms with Gasteiger partial charge in [-0.1, -0.05) is 107 Å². The van der Waals surface area contributed by atoms with E-state index in [4.69, 9.17) is 52.1 Å². The van der Waals surface area contributed by atoms with E-state index in [1.54, 1.807) is 120 Å². The van der Waals surface area contributed by atoms with E-state index in [2.05, 4.69) is 0 Å². The Bertz CT molecular complexity index is 3230. The zero-order chi connectivity index (χ0) is 62.3. The zero-order valence-corrected chi connectivity index (χ0v) is 50.1. The van der Waals surface area contributed by atoms with Crippen LogP contribution < -0.4 is 4.74 Å². The van der Waals surface area contributed by atoms with Gasteiger partial charge in [0.1, 0.15) is 60.3 Å². The molecule has 4 fully saturated rings. The molecule has 2 saturated heterocycles. The number of Topliss-reactive ketones (excluding diaryl/α,β-unsaturated/α-hetero) is 1. The van der Waals surface area contributed by atoms with Crippen LogP contribution in [0.3, 0.4) is 0 Å². The van der Waals surface area contributed by atoms with Crippen molar-refractivity contribution in [1.29, 1.82) is 0 Å². The van der Waals surface area contributed by atoms with Crippen LogP contribution in [0.15, 0.2) is 120 Å². The van der Waals surface area contributed by atoms with Crippen molar-refractivity contribution in [2.45, 2.75) is 167 Å². The van der Waals surface area contributed by atoms with E-state index >= 15 is 9.59 Å². The normalized spacial score (nSPS) is 29.1. The Hall–Kier alpha value is -8.01. The first-order valence-electron chi connectivity index (χ1n) is 28.7. The Morgan fingerprint density at radius 1 is 0.802 bits per heavy atom. The van der Waals surface area contributed by atoms with Crippen molar-refractivity contribution in [2.75, 3.05) is 13.7 Å². The number of ketones is 1. The molecular weight excluding hydrogens is 1110 g/mol. The molecule has 21 heteroatoms. The number of rotatable bonds is 15.